The minimum absolute atomic E-state index is 0.00973. The summed E-state index contributed by atoms with van der Waals surface area (Å²) in [5.74, 6) is -0.284. The quantitative estimate of drug-likeness (QED) is 0.482. The number of H-pyrrole nitrogens is 1. The summed E-state index contributed by atoms with van der Waals surface area (Å²) in [6.45, 7) is 4.44. The van der Waals surface area contributed by atoms with Gasteiger partial charge in [-0.15, -0.1) is 0 Å². The molecule has 0 atom stereocenters. The average Bonchev–Trinajstić information content (AvgIpc) is 3.25. The van der Waals surface area contributed by atoms with E-state index in [1.54, 1.807) is 18.2 Å². The van der Waals surface area contributed by atoms with Crippen molar-refractivity contribution in [2.75, 3.05) is 17.2 Å². The van der Waals surface area contributed by atoms with E-state index in [1.807, 2.05) is 13.8 Å². The molecule has 1 aromatic carbocycles. The number of oxazole rings is 1. The highest BCUT2D eigenvalue weighted by Gasteiger charge is 2.24. The third-order valence-corrected chi connectivity index (χ3v) is 5.21. The summed E-state index contributed by atoms with van der Waals surface area (Å²) in [5, 5.41) is 0. The first-order valence-corrected chi connectivity index (χ1v) is 11.0. The molecule has 10 heteroatoms. The van der Waals surface area contributed by atoms with Crippen LogP contribution in [0.3, 0.4) is 0 Å². The molecule has 0 saturated carbocycles. The van der Waals surface area contributed by atoms with Crippen molar-refractivity contribution in [2.45, 2.75) is 52.5 Å². The number of amides is 1. The molecule has 0 fully saturated rings. The first-order chi connectivity index (χ1) is 15.9. The van der Waals surface area contributed by atoms with Crippen LogP contribution in [0.25, 0.3) is 11.3 Å². The molecule has 0 bridgehead atoms. The van der Waals surface area contributed by atoms with Gasteiger partial charge in [0.2, 0.25) is 5.91 Å². The molecule has 3 N–H and O–H groups in total. The van der Waals surface area contributed by atoms with E-state index < -0.39 is 17.1 Å². The average molecular weight is 458 g/mol. The van der Waals surface area contributed by atoms with Gasteiger partial charge >= 0.3 is 5.69 Å². The van der Waals surface area contributed by atoms with Gasteiger partial charge in [-0.25, -0.2) is 14.2 Å². The molecule has 33 heavy (non-hydrogen) atoms. The Hall–Kier alpha value is -3.69. The highest BCUT2D eigenvalue weighted by Crippen LogP contribution is 2.24. The van der Waals surface area contributed by atoms with Gasteiger partial charge in [0.1, 0.15) is 11.6 Å². The highest BCUT2D eigenvalue weighted by atomic mass is 19.1. The normalized spacial score (nSPS) is 11.0. The lowest BCUT2D eigenvalue weighted by molar-refractivity contribution is -0.118. The van der Waals surface area contributed by atoms with Crippen LogP contribution in [-0.2, 0) is 17.8 Å². The van der Waals surface area contributed by atoms with Crippen LogP contribution in [0.15, 0.2) is 44.5 Å². The zero-order valence-electron chi connectivity index (χ0n) is 18.8. The van der Waals surface area contributed by atoms with E-state index in [9.17, 15) is 18.8 Å². The summed E-state index contributed by atoms with van der Waals surface area (Å²) in [6.07, 6.45) is 3.67. The topological polar surface area (TPSA) is 127 Å². The van der Waals surface area contributed by atoms with Crippen LogP contribution in [0.2, 0.25) is 0 Å². The van der Waals surface area contributed by atoms with Crippen molar-refractivity contribution in [2.24, 2.45) is 0 Å². The number of halogens is 1. The second kappa shape index (κ2) is 10.8. The van der Waals surface area contributed by atoms with Gasteiger partial charge in [0.25, 0.3) is 5.56 Å². The van der Waals surface area contributed by atoms with Crippen molar-refractivity contribution in [3.63, 3.8) is 0 Å². The van der Waals surface area contributed by atoms with Crippen molar-refractivity contribution in [1.29, 1.82) is 0 Å². The number of carbonyl (C=O) groups is 1. The number of aromatic nitrogens is 3. The van der Waals surface area contributed by atoms with E-state index >= 15 is 0 Å². The summed E-state index contributed by atoms with van der Waals surface area (Å²) in [6, 6.07) is 6.17. The molecule has 0 aliphatic rings. The van der Waals surface area contributed by atoms with Crippen LogP contribution in [0.5, 0.6) is 0 Å². The van der Waals surface area contributed by atoms with Crippen molar-refractivity contribution < 1.29 is 13.6 Å². The molecule has 1 amide bonds. The molecule has 0 unspecified atom stereocenters. The first-order valence-electron chi connectivity index (χ1n) is 11.0. The maximum absolute atomic E-state index is 14.0. The fraction of sp³-hybridized carbons (Fsp3) is 0.391. The number of hydrogen-bond donors (Lipinski definition) is 2. The molecule has 2 heterocycles. The van der Waals surface area contributed by atoms with E-state index in [4.69, 9.17) is 10.2 Å². The summed E-state index contributed by atoms with van der Waals surface area (Å²) in [4.78, 5) is 45.5. The Balaban J connectivity index is 1.81. The minimum atomic E-state index is -0.704. The van der Waals surface area contributed by atoms with Crippen LogP contribution >= 0.6 is 0 Å². The zero-order valence-corrected chi connectivity index (χ0v) is 18.8. The molecule has 2 aromatic heterocycles. The Bertz CT molecular complexity index is 1230. The fourth-order valence-electron chi connectivity index (χ4n) is 3.52. The molecular formula is C23H28FN5O4. The standard InChI is InChI=1S/C23H28FN5O4/c1-3-5-13-29-21(25)20(22(31)27-23(29)32)28(12-4-2)19(30)11-10-18-26-14-17(33-18)15-8-6-7-9-16(15)24/h6-9,14H,3-5,10-13,25H2,1-2H3,(H,27,31,32). The summed E-state index contributed by atoms with van der Waals surface area (Å²) < 4.78 is 20.9. The molecule has 0 saturated heterocycles. The second-order valence-corrected chi connectivity index (χ2v) is 7.64. The molecule has 0 radical (unpaired) electrons. The number of benzene rings is 1. The number of hydrogen-bond acceptors (Lipinski definition) is 6. The Morgan fingerprint density at radius 2 is 2.00 bits per heavy atom. The van der Waals surface area contributed by atoms with Gasteiger partial charge in [-0.05, 0) is 25.0 Å². The largest absolute Gasteiger partial charge is 0.441 e. The van der Waals surface area contributed by atoms with Gasteiger partial charge in [0, 0.05) is 25.9 Å². The molecule has 176 valence electrons. The lowest BCUT2D eigenvalue weighted by Gasteiger charge is -2.24. The van der Waals surface area contributed by atoms with E-state index in [2.05, 4.69) is 9.97 Å². The van der Waals surface area contributed by atoms with E-state index in [0.29, 0.717) is 19.4 Å². The number of nitrogens with one attached hydrogen (secondary N) is 1. The van der Waals surface area contributed by atoms with Crippen LogP contribution in [-0.4, -0.2) is 27.0 Å². The van der Waals surface area contributed by atoms with E-state index in [1.165, 1.54) is 21.7 Å². The summed E-state index contributed by atoms with van der Waals surface area (Å²) in [7, 11) is 0. The third kappa shape index (κ3) is 5.39. The zero-order chi connectivity index (χ0) is 24.0. The number of anilines is 2. The predicted molar refractivity (Wildman–Crippen MR) is 124 cm³/mol. The molecule has 3 rings (SSSR count). The number of aryl methyl sites for hydroxylation is 1. The van der Waals surface area contributed by atoms with Crippen LogP contribution in [0.1, 0.15) is 45.4 Å². The van der Waals surface area contributed by atoms with Gasteiger partial charge in [-0.1, -0.05) is 32.4 Å². The molecule has 3 aromatic rings. The SMILES string of the molecule is CCCCn1c(N)c(N(CCC)C(=O)CCc2ncc(-c3ccccc3F)o2)c(=O)[nH]c1=O. The Kier molecular flexibility index (Phi) is 7.81. The number of nitrogens with two attached hydrogens (primary N) is 1. The first kappa shape index (κ1) is 24.0. The second-order valence-electron chi connectivity index (χ2n) is 7.64. The highest BCUT2D eigenvalue weighted by molar-refractivity contribution is 5.95. The summed E-state index contributed by atoms with van der Waals surface area (Å²) >= 11 is 0. The van der Waals surface area contributed by atoms with Crippen LogP contribution in [0.4, 0.5) is 15.9 Å². The van der Waals surface area contributed by atoms with Crippen molar-refractivity contribution in [1.82, 2.24) is 14.5 Å². The van der Waals surface area contributed by atoms with Crippen molar-refractivity contribution >= 4 is 17.4 Å². The molecule has 0 spiro atoms. The number of aromatic amines is 1. The van der Waals surface area contributed by atoms with Crippen LogP contribution in [0, 0.1) is 5.82 Å². The van der Waals surface area contributed by atoms with Crippen molar-refractivity contribution in [3.8, 4) is 11.3 Å². The minimum Gasteiger partial charge on any atom is -0.441 e. The van der Waals surface area contributed by atoms with E-state index in [-0.39, 0.29) is 54.0 Å². The molecular weight excluding hydrogens is 429 g/mol. The lowest BCUT2D eigenvalue weighted by atomic mass is 10.2. The third-order valence-electron chi connectivity index (χ3n) is 5.21. The molecule has 0 aliphatic carbocycles. The van der Waals surface area contributed by atoms with Gasteiger partial charge in [0.05, 0.1) is 11.8 Å². The monoisotopic (exact) mass is 457 g/mol. The van der Waals surface area contributed by atoms with Gasteiger partial charge in [-0.2, -0.15) is 0 Å². The van der Waals surface area contributed by atoms with Gasteiger partial charge in [-0.3, -0.25) is 19.1 Å². The smallest absolute Gasteiger partial charge is 0.330 e. The number of carbonyl (C=O) groups excluding carboxylic acids is 1. The molecule has 0 aliphatic heterocycles. The lowest BCUT2D eigenvalue weighted by Crippen LogP contribution is -2.41. The number of rotatable bonds is 10. The fourth-order valence-corrected chi connectivity index (χ4v) is 3.52. The van der Waals surface area contributed by atoms with Crippen molar-refractivity contribution in [3.05, 3.63) is 63.0 Å². The Morgan fingerprint density at radius 3 is 2.70 bits per heavy atom. The Morgan fingerprint density at radius 1 is 1.24 bits per heavy atom. The maximum atomic E-state index is 14.0. The number of nitrogen functional groups attached to an aromatic ring is 1. The summed E-state index contributed by atoms with van der Waals surface area (Å²) in [5.41, 5.74) is 5.12. The van der Waals surface area contributed by atoms with E-state index in [0.717, 1.165) is 6.42 Å². The van der Waals surface area contributed by atoms with Crippen LogP contribution < -0.4 is 21.9 Å². The van der Waals surface area contributed by atoms with Gasteiger partial charge < -0.3 is 15.1 Å². The Labute approximate surface area is 190 Å². The molecule has 9 nitrogen and oxygen atoms in total. The number of nitrogens with zero attached hydrogens (tertiary/aromatic N) is 3. The van der Waals surface area contributed by atoms with Gasteiger partial charge in [0.15, 0.2) is 17.3 Å². The number of unbranched alkanes of at least 4 members (excludes halogenated alkanes) is 1. The predicted octanol–water partition coefficient (Wildman–Crippen LogP) is 3.09. The maximum Gasteiger partial charge on any atom is 0.330 e.